The predicted molar refractivity (Wildman–Crippen MR) is 124 cm³/mol. The number of hydrogen-bond acceptors (Lipinski definition) is 5. The van der Waals surface area contributed by atoms with Crippen LogP contribution < -0.4 is 10.2 Å². The molecular weight excluding hydrogens is 394 g/mol. The summed E-state index contributed by atoms with van der Waals surface area (Å²) in [5.74, 6) is 0.0343. The van der Waals surface area contributed by atoms with Gasteiger partial charge in [-0.2, -0.15) is 0 Å². The molecule has 1 N–H and O–H groups in total. The van der Waals surface area contributed by atoms with Gasteiger partial charge in [-0.25, -0.2) is 0 Å². The number of nitrogens with zero attached hydrogens (tertiary/aromatic N) is 2. The molecule has 0 aliphatic carbocycles. The SMILES string of the molecule is O=C(CN(Cc1cccs1)C[C@@H]1CCCO1)Nc1ccc(N2CCCCCC2)cc1. The van der Waals surface area contributed by atoms with Crippen LogP contribution in [0.3, 0.4) is 0 Å². The van der Waals surface area contributed by atoms with E-state index in [4.69, 9.17) is 4.74 Å². The fourth-order valence-corrected chi connectivity index (χ4v) is 5.12. The van der Waals surface area contributed by atoms with E-state index in [2.05, 4.69) is 44.8 Å². The highest BCUT2D eigenvalue weighted by Gasteiger charge is 2.21. The van der Waals surface area contributed by atoms with Crippen molar-refractivity contribution in [2.24, 2.45) is 0 Å². The van der Waals surface area contributed by atoms with E-state index in [1.54, 1.807) is 11.3 Å². The second kappa shape index (κ2) is 10.9. The number of carbonyl (C=O) groups excluding carboxylic acids is 1. The standard InChI is InChI=1S/C24H33N3O2S/c28-24(19-26(17-22-7-5-15-29-22)18-23-8-6-16-30-23)25-20-9-11-21(12-10-20)27-13-3-1-2-4-14-27/h6,8-12,16,22H,1-5,7,13-15,17-19H2,(H,25,28)/t22-/m0/s1. The van der Waals surface area contributed by atoms with Crippen molar-refractivity contribution < 1.29 is 9.53 Å². The molecule has 0 saturated carbocycles. The van der Waals surface area contributed by atoms with Gasteiger partial charge >= 0.3 is 0 Å². The van der Waals surface area contributed by atoms with Crippen LogP contribution in [0.25, 0.3) is 0 Å². The summed E-state index contributed by atoms with van der Waals surface area (Å²) in [6.45, 7) is 5.08. The molecule has 2 aromatic rings. The summed E-state index contributed by atoms with van der Waals surface area (Å²) in [4.78, 5) is 18.7. The van der Waals surface area contributed by atoms with Crippen LogP contribution in [0.2, 0.25) is 0 Å². The summed E-state index contributed by atoms with van der Waals surface area (Å²) in [6.07, 6.45) is 7.64. The molecule has 1 aromatic heterocycles. The van der Waals surface area contributed by atoms with Crippen molar-refractivity contribution >= 4 is 28.6 Å². The fourth-order valence-electron chi connectivity index (χ4n) is 4.37. The number of benzene rings is 1. The Hall–Kier alpha value is -1.89. The van der Waals surface area contributed by atoms with E-state index < -0.39 is 0 Å². The third-order valence-corrected chi connectivity index (χ3v) is 6.80. The first-order valence-electron chi connectivity index (χ1n) is 11.3. The van der Waals surface area contributed by atoms with Gasteiger partial charge in [0.15, 0.2) is 0 Å². The fraction of sp³-hybridized carbons (Fsp3) is 0.542. The minimum atomic E-state index is 0.0343. The zero-order chi connectivity index (χ0) is 20.6. The molecule has 0 radical (unpaired) electrons. The van der Waals surface area contributed by atoms with Crippen molar-refractivity contribution in [3.05, 3.63) is 46.7 Å². The van der Waals surface area contributed by atoms with Crippen molar-refractivity contribution in [2.45, 2.75) is 51.2 Å². The smallest absolute Gasteiger partial charge is 0.238 e. The Balaban J connectivity index is 1.32. The Bertz CT molecular complexity index is 764. The molecule has 2 aliphatic rings. The number of ether oxygens (including phenoxy) is 1. The second-order valence-corrected chi connectivity index (χ2v) is 9.41. The lowest BCUT2D eigenvalue weighted by atomic mass is 10.2. The molecular formula is C24H33N3O2S. The zero-order valence-electron chi connectivity index (χ0n) is 17.7. The molecule has 1 amide bonds. The maximum absolute atomic E-state index is 12.8. The molecule has 4 rings (SSSR count). The number of rotatable bonds is 8. The lowest BCUT2D eigenvalue weighted by molar-refractivity contribution is -0.117. The molecule has 1 aromatic carbocycles. The third kappa shape index (κ3) is 6.30. The van der Waals surface area contributed by atoms with E-state index in [0.717, 1.165) is 51.3 Å². The first kappa shape index (κ1) is 21.3. The largest absolute Gasteiger partial charge is 0.377 e. The molecule has 0 spiro atoms. The van der Waals surface area contributed by atoms with E-state index in [-0.39, 0.29) is 12.0 Å². The number of thiophene rings is 1. The van der Waals surface area contributed by atoms with Gasteiger partial charge in [0.25, 0.3) is 0 Å². The molecule has 0 unspecified atom stereocenters. The summed E-state index contributed by atoms with van der Waals surface area (Å²) < 4.78 is 5.81. The van der Waals surface area contributed by atoms with Crippen molar-refractivity contribution in [1.29, 1.82) is 0 Å². The Morgan fingerprint density at radius 2 is 1.90 bits per heavy atom. The van der Waals surface area contributed by atoms with E-state index >= 15 is 0 Å². The van der Waals surface area contributed by atoms with E-state index in [9.17, 15) is 4.79 Å². The van der Waals surface area contributed by atoms with Crippen LogP contribution in [0.15, 0.2) is 41.8 Å². The normalized spacial score (nSPS) is 19.8. The van der Waals surface area contributed by atoms with Crippen molar-refractivity contribution in [1.82, 2.24) is 4.90 Å². The van der Waals surface area contributed by atoms with Crippen molar-refractivity contribution in [3.63, 3.8) is 0 Å². The Morgan fingerprint density at radius 1 is 1.10 bits per heavy atom. The van der Waals surface area contributed by atoms with Crippen LogP contribution in [-0.4, -0.2) is 49.7 Å². The lowest BCUT2D eigenvalue weighted by Gasteiger charge is -2.24. The number of anilines is 2. The molecule has 30 heavy (non-hydrogen) atoms. The van der Waals surface area contributed by atoms with E-state index in [0.29, 0.717) is 6.54 Å². The molecule has 0 bridgehead atoms. The first-order chi connectivity index (χ1) is 14.8. The maximum atomic E-state index is 12.8. The summed E-state index contributed by atoms with van der Waals surface area (Å²) in [5, 5.41) is 5.17. The number of carbonyl (C=O) groups is 1. The molecule has 2 fully saturated rings. The predicted octanol–water partition coefficient (Wildman–Crippen LogP) is 4.75. The quantitative estimate of drug-likeness (QED) is 0.660. The molecule has 6 heteroatoms. The van der Waals surface area contributed by atoms with Gasteiger partial charge < -0.3 is 15.0 Å². The van der Waals surface area contributed by atoms with Crippen molar-refractivity contribution in [2.75, 3.05) is 43.0 Å². The molecule has 3 heterocycles. The average Bonchev–Trinajstić information content (AvgIpc) is 3.38. The van der Waals surface area contributed by atoms with E-state index in [1.807, 2.05) is 12.1 Å². The van der Waals surface area contributed by atoms with Gasteiger partial charge in [0, 0.05) is 49.0 Å². The van der Waals surface area contributed by atoms with Crippen LogP contribution in [0.5, 0.6) is 0 Å². The van der Waals surface area contributed by atoms with Gasteiger partial charge in [0.05, 0.1) is 12.6 Å². The van der Waals surface area contributed by atoms with Crippen molar-refractivity contribution in [3.8, 4) is 0 Å². The number of hydrogen-bond donors (Lipinski definition) is 1. The maximum Gasteiger partial charge on any atom is 0.238 e. The van der Waals surface area contributed by atoms with Crippen LogP contribution >= 0.6 is 11.3 Å². The molecule has 2 aliphatic heterocycles. The van der Waals surface area contributed by atoms with E-state index in [1.165, 1.54) is 36.2 Å². The zero-order valence-corrected chi connectivity index (χ0v) is 18.5. The highest BCUT2D eigenvalue weighted by atomic mass is 32.1. The van der Waals surface area contributed by atoms with Crippen LogP contribution in [-0.2, 0) is 16.1 Å². The van der Waals surface area contributed by atoms with Crippen LogP contribution in [0, 0.1) is 0 Å². The molecule has 5 nitrogen and oxygen atoms in total. The lowest BCUT2D eigenvalue weighted by Crippen LogP contribution is -2.37. The van der Waals surface area contributed by atoms with Gasteiger partial charge in [-0.05, 0) is 61.4 Å². The molecule has 2 saturated heterocycles. The Morgan fingerprint density at radius 3 is 2.57 bits per heavy atom. The molecule has 162 valence electrons. The average molecular weight is 428 g/mol. The minimum Gasteiger partial charge on any atom is -0.377 e. The van der Waals surface area contributed by atoms with Crippen LogP contribution in [0.1, 0.15) is 43.4 Å². The Labute approximate surface area is 184 Å². The topological polar surface area (TPSA) is 44.8 Å². The number of nitrogens with one attached hydrogen (secondary N) is 1. The van der Waals surface area contributed by atoms with Gasteiger partial charge in [-0.3, -0.25) is 9.69 Å². The second-order valence-electron chi connectivity index (χ2n) is 8.38. The van der Waals surface area contributed by atoms with Crippen LogP contribution in [0.4, 0.5) is 11.4 Å². The summed E-state index contributed by atoms with van der Waals surface area (Å²) in [6, 6.07) is 12.5. The minimum absolute atomic E-state index is 0.0343. The van der Waals surface area contributed by atoms with Gasteiger partial charge in [0.1, 0.15) is 0 Å². The summed E-state index contributed by atoms with van der Waals surface area (Å²) in [7, 11) is 0. The third-order valence-electron chi connectivity index (χ3n) is 5.93. The van der Waals surface area contributed by atoms with Gasteiger partial charge in [-0.15, -0.1) is 11.3 Å². The Kier molecular flexibility index (Phi) is 7.78. The number of amides is 1. The first-order valence-corrected chi connectivity index (χ1v) is 12.2. The highest BCUT2D eigenvalue weighted by molar-refractivity contribution is 7.09. The molecule has 1 atom stereocenters. The van der Waals surface area contributed by atoms with Gasteiger partial charge in [-0.1, -0.05) is 18.9 Å². The summed E-state index contributed by atoms with van der Waals surface area (Å²) >= 11 is 1.74. The van der Waals surface area contributed by atoms with Gasteiger partial charge in [0.2, 0.25) is 5.91 Å². The summed E-state index contributed by atoms with van der Waals surface area (Å²) in [5.41, 5.74) is 2.12. The highest BCUT2D eigenvalue weighted by Crippen LogP contribution is 2.22. The monoisotopic (exact) mass is 427 g/mol.